The lowest BCUT2D eigenvalue weighted by molar-refractivity contribution is -0.148. The largest absolute Gasteiger partial charge is 0.495 e. The smallest absolute Gasteiger partial charge is 0.332 e. The Bertz CT molecular complexity index is 468. The first-order chi connectivity index (χ1) is 9.49. The maximum absolute atomic E-state index is 11.1. The van der Waals surface area contributed by atoms with Crippen LogP contribution in [0.2, 0.25) is 10.0 Å². The number of nitrogens with two attached hydrogens (primary N) is 1. The van der Waals surface area contributed by atoms with Crippen molar-refractivity contribution in [2.45, 2.75) is 13.0 Å². The number of carbonyl (C=O) groups is 1. The third kappa shape index (κ3) is 4.83. The van der Waals surface area contributed by atoms with Crippen LogP contribution >= 0.6 is 23.2 Å². The molecule has 2 N–H and O–H groups in total. The van der Waals surface area contributed by atoms with Gasteiger partial charge in [-0.1, -0.05) is 23.2 Å². The van der Waals surface area contributed by atoms with Gasteiger partial charge in [-0.25, -0.2) is 4.79 Å². The molecule has 0 spiro atoms. The fraction of sp³-hybridized carbons (Fsp3) is 0.462. The molecule has 20 heavy (non-hydrogen) atoms. The molecule has 0 radical (unpaired) electrons. The quantitative estimate of drug-likeness (QED) is 0.781. The van der Waals surface area contributed by atoms with Gasteiger partial charge in [0.1, 0.15) is 12.4 Å². The lowest BCUT2D eigenvalue weighted by Crippen LogP contribution is -2.21. The van der Waals surface area contributed by atoms with Crippen molar-refractivity contribution >= 4 is 29.2 Å². The minimum atomic E-state index is -0.500. The highest BCUT2D eigenvalue weighted by Crippen LogP contribution is 2.33. The average Bonchev–Trinajstić information content (AvgIpc) is 2.41. The van der Waals surface area contributed by atoms with Crippen molar-refractivity contribution in [2.75, 3.05) is 26.9 Å². The van der Waals surface area contributed by atoms with Gasteiger partial charge >= 0.3 is 5.97 Å². The standard InChI is InChI=1S/C13H17Cl2NO4/c1-3-20-13(17)7-19-6-11(16)8-4-10(15)12(18-2)5-9(8)14/h4-5,11H,3,6-7,16H2,1-2H3. The highest BCUT2D eigenvalue weighted by Gasteiger charge is 2.15. The summed E-state index contributed by atoms with van der Waals surface area (Å²) in [6.07, 6.45) is 0. The Labute approximate surface area is 127 Å². The Kier molecular flexibility index (Phi) is 7.09. The first kappa shape index (κ1) is 17.0. The second-order valence-electron chi connectivity index (χ2n) is 3.93. The van der Waals surface area contributed by atoms with Gasteiger partial charge in [0.15, 0.2) is 0 Å². The maximum atomic E-state index is 11.1. The van der Waals surface area contributed by atoms with E-state index in [-0.39, 0.29) is 13.2 Å². The zero-order valence-corrected chi connectivity index (χ0v) is 12.8. The van der Waals surface area contributed by atoms with Crippen LogP contribution in [0.25, 0.3) is 0 Å². The maximum Gasteiger partial charge on any atom is 0.332 e. The summed E-state index contributed by atoms with van der Waals surface area (Å²) in [5, 5.41) is 0.839. The molecule has 0 saturated carbocycles. The second kappa shape index (κ2) is 8.32. The van der Waals surface area contributed by atoms with Gasteiger partial charge in [0, 0.05) is 11.1 Å². The molecule has 7 heteroatoms. The van der Waals surface area contributed by atoms with Crippen LogP contribution in [0.15, 0.2) is 12.1 Å². The zero-order valence-electron chi connectivity index (χ0n) is 11.3. The van der Waals surface area contributed by atoms with E-state index in [1.165, 1.54) is 7.11 Å². The molecule has 0 heterocycles. The molecule has 0 saturated heterocycles. The van der Waals surface area contributed by atoms with Crippen molar-refractivity contribution in [1.29, 1.82) is 0 Å². The topological polar surface area (TPSA) is 70.8 Å². The van der Waals surface area contributed by atoms with E-state index in [0.29, 0.717) is 28.0 Å². The van der Waals surface area contributed by atoms with Crippen LogP contribution in [-0.2, 0) is 14.3 Å². The van der Waals surface area contributed by atoms with Crippen LogP contribution < -0.4 is 10.5 Å². The molecule has 0 amide bonds. The van der Waals surface area contributed by atoms with Gasteiger partial charge in [-0.3, -0.25) is 0 Å². The van der Waals surface area contributed by atoms with Gasteiger partial charge in [0.25, 0.3) is 0 Å². The number of esters is 1. The Morgan fingerprint density at radius 2 is 2.05 bits per heavy atom. The molecule has 0 aliphatic rings. The van der Waals surface area contributed by atoms with Gasteiger partial charge in [-0.2, -0.15) is 0 Å². The molecule has 0 aliphatic heterocycles. The van der Waals surface area contributed by atoms with Crippen molar-refractivity contribution < 1.29 is 19.0 Å². The lowest BCUT2D eigenvalue weighted by atomic mass is 10.1. The summed E-state index contributed by atoms with van der Waals surface area (Å²) < 4.78 is 15.0. The molecular weight excluding hydrogens is 305 g/mol. The fourth-order valence-electron chi connectivity index (χ4n) is 1.55. The molecule has 1 unspecified atom stereocenters. The fourth-order valence-corrected chi connectivity index (χ4v) is 2.09. The van der Waals surface area contributed by atoms with Gasteiger partial charge in [-0.15, -0.1) is 0 Å². The van der Waals surface area contributed by atoms with Crippen molar-refractivity contribution in [3.05, 3.63) is 27.7 Å². The van der Waals surface area contributed by atoms with E-state index in [1.54, 1.807) is 19.1 Å². The zero-order chi connectivity index (χ0) is 15.1. The van der Waals surface area contributed by atoms with Crippen molar-refractivity contribution in [3.8, 4) is 5.75 Å². The third-order valence-electron chi connectivity index (χ3n) is 2.49. The number of hydrogen-bond acceptors (Lipinski definition) is 5. The normalized spacial score (nSPS) is 12.1. The van der Waals surface area contributed by atoms with E-state index in [1.807, 2.05) is 0 Å². The van der Waals surface area contributed by atoms with Crippen molar-refractivity contribution in [1.82, 2.24) is 0 Å². The first-order valence-corrected chi connectivity index (χ1v) is 6.77. The van der Waals surface area contributed by atoms with Crippen LogP contribution in [-0.4, -0.2) is 32.9 Å². The number of hydrogen-bond donors (Lipinski definition) is 1. The molecule has 1 aromatic carbocycles. The predicted molar refractivity (Wildman–Crippen MR) is 77.4 cm³/mol. The van der Waals surface area contributed by atoms with E-state index >= 15 is 0 Å². The van der Waals surface area contributed by atoms with Crippen LogP contribution in [0.1, 0.15) is 18.5 Å². The van der Waals surface area contributed by atoms with E-state index in [2.05, 4.69) is 0 Å². The Morgan fingerprint density at radius 3 is 2.65 bits per heavy atom. The van der Waals surface area contributed by atoms with Crippen LogP contribution in [0.4, 0.5) is 0 Å². The molecule has 0 aromatic heterocycles. The Balaban J connectivity index is 2.61. The van der Waals surface area contributed by atoms with Gasteiger partial charge < -0.3 is 19.9 Å². The molecular formula is C13H17Cl2NO4. The summed E-state index contributed by atoms with van der Waals surface area (Å²) in [6, 6.07) is 2.71. The van der Waals surface area contributed by atoms with Crippen LogP contribution in [0.3, 0.4) is 0 Å². The summed E-state index contributed by atoms with van der Waals surface area (Å²) in [5.74, 6) is 0.0404. The minimum absolute atomic E-state index is 0.126. The highest BCUT2D eigenvalue weighted by atomic mass is 35.5. The Hall–Kier alpha value is -1.01. The molecule has 0 aliphatic carbocycles. The molecule has 1 atom stereocenters. The van der Waals surface area contributed by atoms with E-state index < -0.39 is 12.0 Å². The monoisotopic (exact) mass is 321 g/mol. The number of ether oxygens (including phenoxy) is 3. The summed E-state index contributed by atoms with van der Waals surface area (Å²) in [4.78, 5) is 11.1. The van der Waals surface area contributed by atoms with Gasteiger partial charge in [-0.05, 0) is 18.6 Å². The lowest BCUT2D eigenvalue weighted by Gasteiger charge is -2.15. The Morgan fingerprint density at radius 1 is 1.35 bits per heavy atom. The SMILES string of the molecule is CCOC(=O)COCC(N)c1cc(Cl)c(OC)cc1Cl. The summed E-state index contributed by atoms with van der Waals surface area (Å²) >= 11 is 12.1. The molecule has 1 aromatic rings. The molecule has 5 nitrogen and oxygen atoms in total. The number of methoxy groups -OCH3 is 1. The first-order valence-electron chi connectivity index (χ1n) is 6.01. The summed E-state index contributed by atoms with van der Waals surface area (Å²) in [5.41, 5.74) is 6.58. The van der Waals surface area contributed by atoms with E-state index in [4.69, 9.17) is 43.1 Å². The van der Waals surface area contributed by atoms with Gasteiger partial charge in [0.2, 0.25) is 0 Å². The molecule has 0 fully saturated rings. The van der Waals surface area contributed by atoms with Crippen LogP contribution in [0, 0.1) is 0 Å². The van der Waals surface area contributed by atoms with Crippen molar-refractivity contribution in [2.24, 2.45) is 5.73 Å². The summed E-state index contributed by atoms with van der Waals surface area (Å²) in [6.45, 7) is 2.02. The second-order valence-corrected chi connectivity index (χ2v) is 4.75. The predicted octanol–water partition coefficient (Wildman–Crippen LogP) is 2.58. The van der Waals surface area contributed by atoms with E-state index in [0.717, 1.165) is 0 Å². The number of halogens is 2. The molecule has 112 valence electrons. The van der Waals surface area contributed by atoms with E-state index in [9.17, 15) is 4.79 Å². The third-order valence-corrected chi connectivity index (χ3v) is 3.12. The highest BCUT2D eigenvalue weighted by molar-refractivity contribution is 6.34. The van der Waals surface area contributed by atoms with Crippen LogP contribution in [0.5, 0.6) is 5.75 Å². The minimum Gasteiger partial charge on any atom is -0.495 e. The van der Waals surface area contributed by atoms with Gasteiger partial charge in [0.05, 0.1) is 31.4 Å². The number of carbonyl (C=O) groups excluding carboxylic acids is 1. The average molecular weight is 322 g/mol. The molecule has 1 rings (SSSR count). The molecule has 0 bridgehead atoms. The number of rotatable bonds is 7. The number of benzene rings is 1. The summed E-state index contributed by atoms with van der Waals surface area (Å²) in [7, 11) is 1.50. The van der Waals surface area contributed by atoms with Crippen molar-refractivity contribution in [3.63, 3.8) is 0 Å².